The lowest BCUT2D eigenvalue weighted by atomic mass is 9.88. The first-order chi connectivity index (χ1) is 10.3. The van der Waals surface area contributed by atoms with Crippen molar-refractivity contribution in [1.82, 2.24) is 0 Å². The molecule has 1 aliphatic heterocycles. The molecular formula is C18H16O3. The van der Waals surface area contributed by atoms with Crippen LogP contribution in [0.1, 0.15) is 11.1 Å². The lowest BCUT2D eigenvalue weighted by Crippen LogP contribution is -2.22. The fourth-order valence-electron chi connectivity index (χ4n) is 2.56. The van der Waals surface area contributed by atoms with E-state index in [0.29, 0.717) is 0 Å². The van der Waals surface area contributed by atoms with Crippen molar-refractivity contribution in [3.8, 4) is 0 Å². The van der Waals surface area contributed by atoms with Crippen molar-refractivity contribution < 1.29 is 14.3 Å². The van der Waals surface area contributed by atoms with Gasteiger partial charge >= 0.3 is 5.97 Å². The van der Waals surface area contributed by atoms with E-state index in [-0.39, 0.29) is 12.6 Å². The minimum absolute atomic E-state index is 0.193. The van der Waals surface area contributed by atoms with E-state index < -0.39 is 11.7 Å². The molecule has 0 spiro atoms. The van der Waals surface area contributed by atoms with Crippen molar-refractivity contribution in [3.63, 3.8) is 0 Å². The molecular weight excluding hydrogens is 264 g/mol. The Bertz CT molecular complexity index is 595. The summed E-state index contributed by atoms with van der Waals surface area (Å²) < 4.78 is 11.0. The van der Waals surface area contributed by atoms with Crippen LogP contribution < -0.4 is 0 Å². The highest BCUT2D eigenvalue weighted by Gasteiger charge is 2.63. The van der Waals surface area contributed by atoms with Crippen LogP contribution in [0.5, 0.6) is 0 Å². The van der Waals surface area contributed by atoms with Gasteiger partial charge in [-0.3, -0.25) is 0 Å². The summed E-state index contributed by atoms with van der Waals surface area (Å²) >= 11 is 0. The molecule has 0 radical (unpaired) electrons. The molecule has 0 bridgehead atoms. The first kappa shape index (κ1) is 13.6. The molecule has 1 saturated heterocycles. The van der Waals surface area contributed by atoms with Gasteiger partial charge in [0.1, 0.15) is 6.61 Å². The van der Waals surface area contributed by atoms with Crippen molar-refractivity contribution in [1.29, 1.82) is 0 Å². The molecule has 2 aromatic rings. The number of ether oxygens (including phenoxy) is 2. The second-order valence-corrected chi connectivity index (χ2v) is 4.88. The number of esters is 1. The molecule has 1 aliphatic rings. The number of benzene rings is 2. The Morgan fingerprint density at radius 1 is 1.10 bits per heavy atom. The van der Waals surface area contributed by atoms with Crippen molar-refractivity contribution >= 4 is 5.97 Å². The number of carbonyl (C=O) groups is 1. The Morgan fingerprint density at radius 3 is 2.10 bits per heavy atom. The molecule has 106 valence electrons. The second-order valence-electron chi connectivity index (χ2n) is 4.88. The van der Waals surface area contributed by atoms with Crippen LogP contribution in [0.2, 0.25) is 0 Å². The lowest BCUT2D eigenvalue weighted by molar-refractivity contribution is -0.143. The first-order valence-electron chi connectivity index (χ1n) is 6.85. The van der Waals surface area contributed by atoms with E-state index in [9.17, 15) is 4.79 Å². The van der Waals surface area contributed by atoms with Crippen LogP contribution in [0.25, 0.3) is 0 Å². The Balaban J connectivity index is 1.96. The molecule has 0 aromatic heterocycles. The maximum atomic E-state index is 12.1. The number of hydrogen-bond donors (Lipinski definition) is 0. The average Bonchev–Trinajstić information content (AvgIpc) is 3.31. The van der Waals surface area contributed by atoms with Gasteiger partial charge in [-0.15, -0.1) is 0 Å². The molecule has 2 aromatic carbocycles. The molecule has 0 amide bonds. The summed E-state index contributed by atoms with van der Waals surface area (Å²) in [6, 6.07) is 19.5. The standard InChI is InChI=1S/C18H16O3/c1-2-13-20-17(19)16-18(21-16,14-9-5-3-6-10-14)15-11-7-4-8-12-15/h2-12,16H,1,13H2. The minimum Gasteiger partial charge on any atom is -0.459 e. The molecule has 21 heavy (non-hydrogen) atoms. The van der Waals surface area contributed by atoms with Crippen LogP contribution in [0.3, 0.4) is 0 Å². The summed E-state index contributed by atoms with van der Waals surface area (Å²) in [6.07, 6.45) is 0.940. The van der Waals surface area contributed by atoms with Crippen LogP contribution >= 0.6 is 0 Å². The Morgan fingerprint density at radius 2 is 1.62 bits per heavy atom. The van der Waals surface area contributed by atoms with Gasteiger partial charge in [-0.2, -0.15) is 0 Å². The van der Waals surface area contributed by atoms with Gasteiger partial charge < -0.3 is 9.47 Å². The Hall–Kier alpha value is -2.39. The monoisotopic (exact) mass is 280 g/mol. The van der Waals surface area contributed by atoms with Gasteiger partial charge in [-0.1, -0.05) is 73.3 Å². The normalized spacial score (nSPS) is 18.8. The third-order valence-corrected chi connectivity index (χ3v) is 3.58. The molecule has 0 N–H and O–H groups in total. The maximum Gasteiger partial charge on any atom is 0.339 e. The molecule has 0 aliphatic carbocycles. The summed E-state index contributed by atoms with van der Waals surface area (Å²) in [7, 11) is 0. The summed E-state index contributed by atoms with van der Waals surface area (Å²) in [4.78, 5) is 12.1. The summed E-state index contributed by atoms with van der Waals surface area (Å²) in [6.45, 7) is 3.74. The van der Waals surface area contributed by atoms with E-state index in [1.807, 2.05) is 60.7 Å². The predicted molar refractivity (Wildman–Crippen MR) is 79.7 cm³/mol. The second kappa shape index (κ2) is 5.54. The van der Waals surface area contributed by atoms with E-state index in [2.05, 4.69) is 6.58 Å². The molecule has 1 fully saturated rings. The molecule has 0 saturated carbocycles. The van der Waals surface area contributed by atoms with E-state index in [1.165, 1.54) is 0 Å². The van der Waals surface area contributed by atoms with E-state index in [0.717, 1.165) is 11.1 Å². The lowest BCUT2D eigenvalue weighted by Gasteiger charge is -2.13. The van der Waals surface area contributed by atoms with Gasteiger partial charge in [-0.05, 0) is 11.1 Å². The minimum atomic E-state index is -0.735. The smallest absolute Gasteiger partial charge is 0.339 e. The van der Waals surface area contributed by atoms with E-state index in [4.69, 9.17) is 9.47 Å². The van der Waals surface area contributed by atoms with Gasteiger partial charge in [0.15, 0.2) is 11.7 Å². The van der Waals surface area contributed by atoms with Crippen molar-refractivity contribution in [3.05, 3.63) is 84.4 Å². The molecule has 3 rings (SSSR count). The van der Waals surface area contributed by atoms with Gasteiger partial charge in [0, 0.05) is 0 Å². The van der Waals surface area contributed by atoms with Crippen LogP contribution in [-0.4, -0.2) is 18.7 Å². The maximum absolute atomic E-state index is 12.1. The summed E-state index contributed by atoms with van der Waals surface area (Å²) in [5, 5.41) is 0. The van der Waals surface area contributed by atoms with E-state index >= 15 is 0 Å². The van der Waals surface area contributed by atoms with Crippen molar-refractivity contribution in [2.24, 2.45) is 0 Å². The number of hydrogen-bond acceptors (Lipinski definition) is 3. The van der Waals surface area contributed by atoms with Crippen LogP contribution in [-0.2, 0) is 19.9 Å². The quantitative estimate of drug-likeness (QED) is 0.480. The zero-order valence-corrected chi connectivity index (χ0v) is 11.6. The number of carbonyl (C=O) groups excluding carboxylic acids is 1. The topological polar surface area (TPSA) is 38.8 Å². The van der Waals surface area contributed by atoms with Gasteiger partial charge in [0.05, 0.1) is 0 Å². The third kappa shape index (κ3) is 2.36. The summed E-state index contributed by atoms with van der Waals surface area (Å²) in [5.74, 6) is -0.359. The van der Waals surface area contributed by atoms with Gasteiger partial charge in [0.2, 0.25) is 0 Å². The highest BCUT2D eigenvalue weighted by Crippen LogP contribution is 2.52. The zero-order chi connectivity index (χ0) is 14.7. The Kier molecular flexibility index (Phi) is 3.59. The Labute approximate surface area is 123 Å². The SMILES string of the molecule is C=CCOC(=O)C1OC1(c1ccccc1)c1ccccc1. The molecule has 1 heterocycles. The average molecular weight is 280 g/mol. The first-order valence-corrected chi connectivity index (χ1v) is 6.85. The van der Waals surface area contributed by atoms with Crippen LogP contribution in [0.15, 0.2) is 73.3 Å². The third-order valence-electron chi connectivity index (χ3n) is 3.58. The molecule has 3 nitrogen and oxygen atoms in total. The highest BCUT2D eigenvalue weighted by atomic mass is 16.7. The number of rotatable bonds is 5. The van der Waals surface area contributed by atoms with Gasteiger partial charge in [0.25, 0.3) is 0 Å². The summed E-state index contributed by atoms with van der Waals surface area (Å²) in [5.41, 5.74) is 1.18. The molecule has 1 unspecified atom stereocenters. The zero-order valence-electron chi connectivity index (χ0n) is 11.6. The van der Waals surface area contributed by atoms with Crippen LogP contribution in [0.4, 0.5) is 0 Å². The largest absolute Gasteiger partial charge is 0.459 e. The van der Waals surface area contributed by atoms with Gasteiger partial charge in [-0.25, -0.2) is 4.79 Å². The number of epoxide rings is 1. The highest BCUT2D eigenvalue weighted by molar-refractivity contribution is 5.81. The van der Waals surface area contributed by atoms with Crippen LogP contribution in [0, 0.1) is 0 Å². The van der Waals surface area contributed by atoms with Crippen molar-refractivity contribution in [2.45, 2.75) is 11.7 Å². The van der Waals surface area contributed by atoms with Crippen molar-refractivity contribution in [2.75, 3.05) is 6.61 Å². The van der Waals surface area contributed by atoms with E-state index in [1.54, 1.807) is 6.08 Å². The molecule has 3 heteroatoms. The molecule has 1 atom stereocenters. The predicted octanol–water partition coefficient (Wildman–Crippen LogP) is 3.06. The fourth-order valence-corrected chi connectivity index (χ4v) is 2.56. The fraction of sp³-hybridized carbons (Fsp3) is 0.167.